The van der Waals surface area contributed by atoms with Gasteiger partial charge in [-0.3, -0.25) is 9.59 Å². The summed E-state index contributed by atoms with van der Waals surface area (Å²) in [5.74, 6) is -0.755. The number of halogens is 3. The van der Waals surface area contributed by atoms with Crippen molar-refractivity contribution in [3.63, 3.8) is 0 Å². The molecule has 1 aliphatic rings. The van der Waals surface area contributed by atoms with Gasteiger partial charge in [-0.15, -0.1) is 0 Å². The average molecular weight is 344 g/mol. The van der Waals surface area contributed by atoms with Crippen molar-refractivity contribution in [3.05, 3.63) is 29.8 Å². The van der Waals surface area contributed by atoms with Gasteiger partial charge in [0.2, 0.25) is 6.41 Å². The van der Waals surface area contributed by atoms with Crippen LogP contribution in [0.15, 0.2) is 24.3 Å². The minimum atomic E-state index is -4.55. The lowest BCUT2D eigenvalue weighted by atomic mass is 10.2. The summed E-state index contributed by atoms with van der Waals surface area (Å²) in [5, 5.41) is 0. The van der Waals surface area contributed by atoms with E-state index in [0.717, 1.165) is 12.5 Å². The maximum atomic E-state index is 13.0. The Labute approximate surface area is 138 Å². The van der Waals surface area contributed by atoms with Crippen LogP contribution in [0.1, 0.15) is 18.9 Å². The van der Waals surface area contributed by atoms with Gasteiger partial charge in [-0.1, -0.05) is 12.1 Å². The second-order valence-electron chi connectivity index (χ2n) is 5.57. The molecule has 132 valence electrons. The number of carbonyl (C=O) groups excluding carboxylic acids is 2. The predicted molar refractivity (Wildman–Crippen MR) is 80.4 cm³/mol. The van der Waals surface area contributed by atoms with Gasteiger partial charge in [0.05, 0.1) is 5.56 Å². The van der Waals surface area contributed by atoms with Crippen LogP contribution in [-0.4, -0.2) is 54.4 Å². The number of rotatable bonds is 4. The molecule has 8 heteroatoms. The lowest BCUT2D eigenvalue weighted by Gasteiger charge is -2.25. The number of nitrogens with zero attached hydrogens (tertiary/aromatic N) is 2. The van der Waals surface area contributed by atoms with Crippen LogP contribution in [0.5, 0.6) is 5.75 Å². The van der Waals surface area contributed by atoms with Crippen molar-refractivity contribution in [2.45, 2.75) is 25.6 Å². The van der Waals surface area contributed by atoms with Gasteiger partial charge in [0.25, 0.3) is 5.91 Å². The van der Waals surface area contributed by atoms with Gasteiger partial charge in [0, 0.05) is 26.2 Å². The van der Waals surface area contributed by atoms with Crippen molar-refractivity contribution >= 4 is 12.3 Å². The summed E-state index contributed by atoms with van der Waals surface area (Å²) in [4.78, 5) is 26.3. The van der Waals surface area contributed by atoms with Crippen LogP contribution in [-0.2, 0) is 15.8 Å². The van der Waals surface area contributed by atoms with Crippen LogP contribution in [0.2, 0.25) is 0 Å². The molecule has 5 nitrogen and oxygen atoms in total. The number of para-hydroxylation sites is 1. The van der Waals surface area contributed by atoms with Crippen molar-refractivity contribution in [3.8, 4) is 5.75 Å². The fourth-order valence-corrected chi connectivity index (χ4v) is 2.56. The third-order valence-electron chi connectivity index (χ3n) is 3.84. The van der Waals surface area contributed by atoms with E-state index in [1.165, 1.54) is 30.0 Å². The van der Waals surface area contributed by atoms with E-state index in [2.05, 4.69) is 0 Å². The maximum Gasteiger partial charge on any atom is 0.419 e. The summed E-state index contributed by atoms with van der Waals surface area (Å²) in [6.45, 7) is 3.17. The second-order valence-corrected chi connectivity index (χ2v) is 5.57. The van der Waals surface area contributed by atoms with E-state index in [9.17, 15) is 22.8 Å². The number of hydrogen-bond acceptors (Lipinski definition) is 3. The molecule has 1 fully saturated rings. The van der Waals surface area contributed by atoms with Gasteiger partial charge in [-0.2, -0.15) is 13.2 Å². The molecule has 0 aliphatic carbocycles. The second kappa shape index (κ2) is 7.55. The Morgan fingerprint density at radius 1 is 1.21 bits per heavy atom. The van der Waals surface area contributed by atoms with Gasteiger partial charge in [0.1, 0.15) is 5.75 Å². The van der Waals surface area contributed by atoms with Crippen molar-refractivity contribution < 1.29 is 27.5 Å². The first-order chi connectivity index (χ1) is 11.3. The zero-order valence-electron chi connectivity index (χ0n) is 13.3. The maximum absolute atomic E-state index is 13.0. The monoisotopic (exact) mass is 344 g/mol. The summed E-state index contributed by atoms with van der Waals surface area (Å²) in [7, 11) is 0. The Kier molecular flexibility index (Phi) is 5.69. The molecule has 0 aromatic heterocycles. The Bertz CT molecular complexity index is 592. The lowest BCUT2D eigenvalue weighted by Crippen LogP contribution is -2.42. The molecule has 1 heterocycles. The molecular weight excluding hydrogens is 325 g/mol. The lowest BCUT2D eigenvalue weighted by molar-refractivity contribution is -0.143. The fourth-order valence-electron chi connectivity index (χ4n) is 2.56. The molecule has 1 atom stereocenters. The predicted octanol–water partition coefficient (Wildman–Crippen LogP) is 2.16. The average Bonchev–Trinajstić information content (AvgIpc) is 2.79. The summed E-state index contributed by atoms with van der Waals surface area (Å²) >= 11 is 0. The normalized spacial score (nSPS) is 17.2. The molecule has 0 bridgehead atoms. The third kappa shape index (κ3) is 4.39. The van der Waals surface area contributed by atoms with Crippen molar-refractivity contribution in [1.82, 2.24) is 9.80 Å². The molecule has 0 N–H and O–H groups in total. The molecule has 1 aromatic carbocycles. The quantitative estimate of drug-likeness (QED) is 0.787. The van der Waals surface area contributed by atoms with Crippen LogP contribution in [0.4, 0.5) is 13.2 Å². The van der Waals surface area contributed by atoms with Crippen LogP contribution in [0.25, 0.3) is 0 Å². The molecule has 0 unspecified atom stereocenters. The van der Waals surface area contributed by atoms with E-state index in [-0.39, 0.29) is 11.7 Å². The number of hydrogen-bond donors (Lipinski definition) is 0. The smallest absolute Gasteiger partial charge is 0.419 e. The highest BCUT2D eigenvalue weighted by Crippen LogP contribution is 2.36. The molecule has 0 saturated carbocycles. The first kappa shape index (κ1) is 18.1. The molecule has 0 spiro atoms. The molecule has 2 amide bonds. The van der Waals surface area contributed by atoms with E-state index >= 15 is 0 Å². The summed E-state index contributed by atoms with van der Waals surface area (Å²) in [6, 6.07) is 4.81. The topological polar surface area (TPSA) is 49.9 Å². The highest BCUT2D eigenvalue weighted by Gasteiger charge is 2.35. The molecule has 2 rings (SSSR count). The first-order valence-electron chi connectivity index (χ1n) is 7.64. The van der Waals surface area contributed by atoms with Gasteiger partial charge < -0.3 is 14.5 Å². The van der Waals surface area contributed by atoms with Crippen LogP contribution in [0, 0.1) is 0 Å². The third-order valence-corrected chi connectivity index (χ3v) is 3.84. The van der Waals surface area contributed by atoms with Crippen molar-refractivity contribution in [2.24, 2.45) is 0 Å². The van der Waals surface area contributed by atoms with E-state index in [4.69, 9.17) is 4.74 Å². The van der Waals surface area contributed by atoms with Crippen LogP contribution in [0.3, 0.4) is 0 Å². The highest BCUT2D eigenvalue weighted by atomic mass is 19.4. The van der Waals surface area contributed by atoms with E-state index in [0.29, 0.717) is 32.6 Å². The Morgan fingerprint density at radius 2 is 1.92 bits per heavy atom. The van der Waals surface area contributed by atoms with Crippen LogP contribution < -0.4 is 4.74 Å². The fraction of sp³-hybridized carbons (Fsp3) is 0.500. The van der Waals surface area contributed by atoms with Crippen LogP contribution >= 0.6 is 0 Å². The molecule has 0 radical (unpaired) electrons. The number of benzene rings is 1. The Hall–Kier alpha value is -2.25. The number of carbonyl (C=O) groups is 2. The summed E-state index contributed by atoms with van der Waals surface area (Å²) in [6.07, 6.45) is -4.24. The van der Waals surface area contributed by atoms with Crippen molar-refractivity contribution in [1.29, 1.82) is 0 Å². The molecule has 1 aromatic rings. The first-order valence-corrected chi connectivity index (χ1v) is 7.64. The molecular formula is C16H19F3N2O3. The highest BCUT2D eigenvalue weighted by molar-refractivity contribution is 5.81. The Balaban J connectivity index is 2.06. The SMILES string of the molecule is C[C@@H](Oc1ccccc1C(F)(F)F)C(=O)N1CCCN(C=O)CC1. The number of amides is 2. The van der Waals surface area contributed by atoms with Crippen molar-refractivity contribution in [2.75, 3.05) is 26.2 Å². The number of ether oxygens (including phenoxy) is 1. The standard InChI is InChI=1S/C16H19F3N2O3/c1-12(15(23)21-8-4-7-20(11-22)9-10-21)24-14-6-3-2-5-13(14)16(17,18)19/h2-3,5-6,11-12H,4,7-10H2,1H3/t12-/m1/s1. The minimum Gasteiger partial charge on any atom is -0.480 e. The zero-order chi connectivity index (χ0) is 17.7. The summed E-state index contributed by atoms with van der Waals surface area (Å²) < 4.78 is 44.2. The van der Waals surface area contributed by atoms with E-state index < -0.39 is 17.8 Å². The van der Waals surface area contributed by atoms with Gasteiger partial charge >= 0.3 is 6.18 Å². The van der Waals surface area contributed by atoms with Gasteiger partial charge in [0.15, 0.2) is 6.10 Å². The number of alkyl halides is 3. The molecule has 24 heavy (non-hydrogen) atoms. The van der Waals surface area contributed by atoms with Gasteiger partial charge in [-0.25, -0.2) is 0 Å². The van der Waals surface area contributed by atoms with E-state index in [1.807, 2.05) is 0 Å². The zero-order valence-corrected chi connectivity index (χ0v) is 13.3. The van der Waals surface area contributed by atoms with Gasteiger partial charge in [-0.05, 0) is 25.5 Å². The summed E-state index contributed by atoms with van der Waals surface area (Å²) in [5.41, 5.74) is -0.910. The molecule has 1 aliphatic heterocycles. The largest absolute Gasteiger partial charge is 0.480 e. The Morgan fingerprint density at radius 3 is 2.58 bits per heavy atom. The minimum absolute atomic E-state index is 0.339. The molecule has 1 saturated heterocycles. The van der Waals surface area contributed by atoms with E-state index in [1.54, 1.807) is 4.90 Å².